The number of aromatic nitrogens is 4. The van der Waals surface area contributed by atoms with E-state index in [0.29, 0.717) is 12.1 Å². The maximum atomic E-state index is 13.3. The summed E-state index contributed by atoms with van der Waals surface area (Å²) in [5.74, 6) is 1.46. The highest BCUT2D eigenvalue weighted by Crippen LogP contribution is 2.25. The number of aryl methyl sites for hydroxylation is 3. The number of halogens is 2. The number of hydrogen-bond acceptors (Lipinski definition) is 2. The van der Waals surface area contributed by atoms with Crippen molar-refractivity contribution in [2.24, 2.45) is 7.05 Å². The molecule has 1 atom stereocenters. The summed E-state index contributed by atoms with van der Waals surface area (Å²) >= 11 is 6.21. The molecule has 2 aromatic heterocycles. The summed E-state index contributed by atoms with van der Waals surface area (Å²) in [5, 5.41) is -0.234. The van der Waals surface area contributed by atoms with Crippen LogP contribution in [0.2, 0.25) is 0 Å². The molecule has 1 aromatic carbocycles. The Hall–Kier alpha value is -1.88. The van der Waals surface area contributed by atoms with Gasteiger partial charge in [-0.2, -0.15) is 0 Å². The summed E-state index contributed by atoms with van der Waals surface area (Å²) in [5.41, 5.74) is 1.53. The molecule has 0 spiro atoms. The third-order valence-electron chi connectivity index (χ3n) is 3.58. The van der Waals surface area contributed by atoms with E-state index in [-0.39, 0.29) is 11.2 Å². The van der Waals surface area contributed by atoms with Crippen LogP contribution in [0, 0.1) is 5.82 Å². The van der Waals surface area contributed by atoms with Crippen LogP contribution in [0.5, 0.6) is 0 Å². The first-order valence-corrected chi connectivity index (χ1v) is 7.26. The van der Waals surface area contributed by atoms with Crippen molar-refractivity contribution in [3.63, 3.8) is 0 Å². The zero-order valence-electron chi connectivity index (χ0n) is 11.9. The van der Waals surface area contributed by atoms with Crippen molar-refractivity contribution in [3.05, 3.63) is 48.1 Å². The molecule has 3 aromatic rings. The topological polar surface area (TPSA) is 35.6 Å². The fraction of sp³-hybridized carbons (Fsp3) is 0.333. The van der Waals surface area contributed by atoms with E-state index in [1.807, 2.05) is 29.3 Å². The van der Waals surface area contributed by atoms with Gasteiger partial charge < -0.3 is 9.13 Å². The van der Waals surface area contributed by atoms with Crippen molar-refractivity contribution in [2.75, 3.05) is 0 Å². The molecule has 0 radical (unpaired) electrons. The van der Waals surface area contributed by atoms with Crippen LogP contribution in [0.25, 0.3) is 11.0 Å². The second-order valence-corrected chi connectivity index (χ2v) is 5.73. The van der Waals surface area contributed by atoms with Crippen LogP contribution in [-0.4, -0.2) is 19.1 Å². The van der Waals surface area contributed by atoms with E-state index in [1.54, 1.807) is 12.3 Å². The molecule has 0 aliphatic rings. The van der Waals surface area contributed by atoms with Crippen molar-refractivity contribution in [2.45, 2.75) is 25.3 Å². The quantitative estimate of drug-likeness (QED) is 0.692. The molecule has 0 fully saturated rings. The van der Waals surface area contributed by atoms with E-state index >= 15 is 0 Å². The number of nitrogens with zero attached hydrogens (tertiary/aromatic N) is 4. The predicted octanol–water partition coefficient (Wildman–Crippen LogP) is 3.45. The lowest BCUT2D eigenvalue weighted by Gasteiger charge is -2.10. The van der Waals surface area contributed by atoms with Gasteiger partial charge in [0.1, 0.15) is 17.5 Å². The second-order valence-electron chi connectivity index (χ2n) is 5.08. The second kappa shape index (κ2) is 5.48. The van der Waals surface area contributed by atoms with E-state index in [4.69, 9.17) is 11.6 Å². The van der Waals surface area contributed by atoms with Crippen LogP contribution in [0.15, 0.2) is 30.6 Å². The third kappa shape index (κ3) is 2.65. The minimum atomic E-state index is -0.287. The molecule has 0 saturated heterocycles. The predicted molar refractivity (Wildman–Crippen MR) is 80.9 cm³/mol. The summed E-state index contributed by atoms with van der Waals surface area (Å²) in [7, 11) is 1.97. The van der Waals surface area contributed by atoms with Crippen molar-refractivity contribution >= 4 is 22.6 Å². The van der Waals surface area contributed by atoms with Crippen LogP contribution in [0.3, 0.4) is 0 Å². The van der Waals surface area contributed by atoms with Crippen molar-refractivity contribution in [3.8, 4) is 0 Å². The zero-order valence-corrected chi connectivity index (χ0v) is 12.7. The number of fused-ring (bicyclic) bond motifs is 1. The Morgan fingerprint density at radius 3 is 2.86 bits per heavy atom. The van der Waals surface area contributed by atoms with E-state index in [9.17, 15) is 4.39 Å². The van der Waals surface area contributed by atoms with Crippen LogP contribution >= 0.6 is 11.6 Å². The summed E-state index contributed by atoms with van der Waals surface area (Å²) in [6, 6.07) is 4.64. The minimum absolute atomic E-state index is 0.234. The number of alkyl halides is 1. The SMILES string of the molecule is CC(Cl)c1nc2cc(F)ccc2n1CCc1nccn1C. The van der Waals surface area contributed by atoms with Gasteiger partial charge >= 0.3 is 0 Å². The maximum absolute atomic E-state index is 13.3. The maximum Gasteiger partial charge on any atom is 0.127 e. The van der Waals surface area contributed by atoms with Crippen molar-refractivity contribution in [1.82, 2.24) is 19.1 Å². The summed E-state index contributed by atoms with van der Waals surface area (Å²) in [4.78, 5) is 8.78. The molecule has 110 valence electrons. The first kappa shape index (κ1) is 14.1. The Kier molecular flexibility index (Phi) is 3.68. The lowest BCUT2D eigenvalue weighted by atomic mass is 10.3. The molecule has 21 heavy (non-hydrogen) atoms. The van der Waals surface area contributed by atoms with E-state index in [2.05, 4.69) is 9.97 Å². The first-order chi connectivity index (χ1) is 10.1. The van der Waals surface area contributed by atoms with Crippen molar-refractivity contribution in [1.29, 1.82) is 0 Å². The highest BCUT2D eigenvalue weighted by molar-refractivity contribution is 6.20. The molecule has 2 heterocycles. The summed E-state index contributed by atoms with van der Waals surface area (Å²) in [6.45, 7) is 2.58. The Morgan fingerprint density at radius 2 is 2.19 bits per heavy atom. The first-order valence-electron chi connectivity index (χ1n) is 6.82. The number of imidazole rings is 2. The molecule has 0 bridgehead atoms. The van der Waals surface area contributed by atoms with Crippen molar-refractivity contribution < 1.29 is 4.39 Å². The lowest BCUT2D eigenvalue weighted by Crippen LogP contribution is -2.09. The molecule has 0 saturated carbocycles. The summed E-state index contributed by atoms with van der Waals surface area (Å²) in [6.07, 6.45) is 4.46. The molecule has 0 amide bonds. The Bertz CT molecular complexity index is 775. The van der Waals surface area contributed by atoms with Gasteiger partial charge in [-0.1, -0.05) is 0 Å². The Labute approximate surface area is 127 Å². The minimum Gasteiger partial charge on any atom is -0.338 e. The fourth-order valence-electron chi connectivity index (χ4n) is 2.51. The number of benzene rings is 1. The van der Waals surface area contributed by atoms with Gasteiger partial charge in [0.15, 0.2) is 0 Å². The van der Waals surface area contributed by atoms with Gasteiger partial charge in [-0.15, -0.1) is 11.6 Å². The Balaban J connectivity index is 1.99. The highest BCUT2D eigenvalue weighted by atomic mass is 35.5. The van der Waals surface area contributed by atoms with Gasteiger partial charge in [-0.05, 0) is 19.1 Å². The number of rotatable bonds is 4. The fourth-order valence-corrected chi connectivity index (χ4v) is 2.68. The molecule has 1 unspecified atom stereocenters. The van der Waals surface area contributed by atoms with Crippen LogP contribution < -0.4 is 0 Å². The average Bonchev–Trinajstić information content (AvgIpc) is 2.99. The molecular formula is C15H16ClFN4. The highest BCUT2D eigenvalue weighted by Gasteiger charge is 2.15. The van der Waals surface area contributed by atoms with Gasteiger partial charge in [-0.3, -0.25) is 0 Å². The van der Waals surface area contributed by atoms with E-state index < -0.39 is 0 Å². The average molecular weight is 307 g/mol. The van der Waals surface area contributed by atoms with E-state index in [1.165, 1.54) is 12.1 Å². The van der Waals surface area contributed by atoms with Gasteiger partial charge in [0.25, 0.3) is 0 Å². The van der Waals surface area contributed by atoms with Crippen LogP contribution in [0.4, 0.5) is 4.39 Å². The van der Waals surface area contributed by atoms with Gasteiger partial charge in [-0.25, -0.2) is 14.4 Å². The smallest absolute Gasteiger partial charge is 0.127 e. The largest absolute Gasteiger partial charge is 0.338 e. The molecule has 0 N–H and O–H groups in total. The van der Waals surface area contributed by atoms with Gasteiger partial charge in [0, 0.05) is 38.5 Å². The molecule has 4 nitrogen and oxygen atoms in total. The molecule has 0 aliphatic carbocycles. The van der Waals surface area contributed by atoms with Gasteiger partial charge in [0.05, 0.1) is 16.4 Å². The van der Waals surface area contributed by atoms with E-state index in [0.717, 1.165) is 23.6 Å². The molecule has 0 aliphatic heterocycles. The third-order valence-corrected chi connectivity index (χ3v) is 3.77. The monoisotopic (exact) mass is 306 g/mol. The Morgan fingerprint density at radius 1 is 1.38 bits per heavy atom. The zero-order chi connectivity index (χ0) is 15.0. The molecular weight excluding hydrogens is 291 g/mol. The lowest BCUT2D eigenvalue weighted by molar-refractivity contribution is 0.627. The summed E-state index contributed by atoms with van der Waals surface area (Å²) < 4.78 is 17.4. The molecule has 3 rings (SSSR count). The number of hydrogen-bond donors (Lipinski definition) is 0. The molecule has 6 heteroatoms. The van der Waals surface area contributed by atoms with Gasteiger partial charge in [0.2, 0.25) is 0 Å². The van der Waals surface area contributed by atoms with Crippen LogP contribution in [-0.2, 0) is 20.0 Å². The van der Waals surface area contributed by atoms with Crippen LogP contribution in [0.1, 0.15) is 23.9 Å². The standard InChI is InChI=1S/C15H16ClFN4/c1-10(16)15-19-12-9-11(17)3-4-13(12)21(15)7-5-14-18-6-8-20(14)2/h3-4,6,8-10H,5,7H2,1-2H3. The normalized spacial score (nSPS) is 13.0.